The molecule has 3 aromatic heterocycles. The molecule has 38 heavy (non-hydrogen) atoms. The van der Waals surface area contributed by atoms with Gasteiger partial charge in [0.2, 0.25) is 0 Å². The molecule has 3 N–H and O–H groups in total. The van der Waals surface area contributed by atoms with E-state index in [4.69, 9.17) is 21.9 Å². The number of anilines is 1. The molecule has 2 aromatic carbocycles. The van der Waals surface area contributed by atoms with Crippen molar-refractivity contribution in [3.63, 3.8) is 0 Å². The number of nitrogen functional groups attached to an aromatic ring is 1. The van der Waals surface area contributed by atoms with E-state index in [1.54, 1.807) is 29.8 Å². The summed E-state index contributed by atoms with van der Waals surface area (Å²) in [5.74, 6) is 0.504. The van der Waals surface area contributed by atoms with Crippen LogP contribution in [0.25, 0.3) is 27.7 Å². The average Bonchev–Trinajstić information content (AvgIpc) is 3.42. The number of pyridine rings is 1. The highest BCUT2D eigenvalue weighted by molar-refractivity contribution is 6.30. The Morgan fingerprint density at radius 1 is 1.13 bits per heavy atom. The third kappa shape index (κ3) is 4.32. The summed E-state index contributed by atoms with van der Waals surface area (Å²) in [6.07, 6.45) is 5.06. The fourth-order valence-electron chi connectivity index (χ4n) is 5.47. The summed E-state index contributed by atoms with van der Waals surface area (Å²) < 4.78 is 8.90. The van der Waals surface area contributed by atoms with Gasteiger partial charge in [-0.25, -0.2) is 4.79 Å². The van der Waals surface area contributed by atoms with Gasteiger partial charge in [-0.05, 0) is 68.9 Å². The highest BCUT2D eigenvalue weighted by Gasteiger charge is 2.26. The first-order valence-corrected chi connectivity index (χ1v) is 13.1. The number of hydrogen-bond acceptors (Lipinski definition) is 6. The zero-order chi connectivity index (χ0) is 26.4. The number of amides is 1. The topological polar surface area (TPSA) is 121 Å². The molecule has 10 heteroatoms. The zero-order valence-electron chi connectivity index (χ0n) is 20.9. The number of rotatable bonds is 5. The van der Waals surface area contributed by atoms with Crippen LogP contribution in [0.2, 0.25) is 5.02 Å². The summed E-state index contributed by atoms with van der Waals surface area (Å²) in [7, 11) is 0. The van der Waals surface area contributed by atoms with Gasteiger partial charge in [0.05, 0.1) is 38.4 Å². The van der Waals surface area contributed by atoms with E-state index in [1.165, 1.54) is 0 Å². The first kappa shape index (κ1) is 24.2. The molecule has 5 aromatic rings. The number of fused-ring (bicyclic) bond motifs is 2. The minimum absolute atomic E-state index is 0.0799. The second-order valence-corrected chi connectivity index (χ2v) is 10.4. The molecule has 0 saturated heterocycles. The predicted octanol–water partition coefficient (Wildman–Crippen LogP) is 4.86. The van der Waals surface area contributed by atoms with E-state index in [-0.39, 0.29) is 17.6 Å². The summed E-state index contributed by atoms with van der Waals surface area (Å²) in [6, 6.07) is 15.0. The van der Waals surface area contributed by atoms with E-state index in [0.717, 1.165) is 42.1 Å². The molecular weight excluding hydrogens is 504 g/mol. The Hall–Kier alpha value is -4.11. The van der Waals surface area contributed by atoms with Crippen molar-refractivity contribution in [1.29, 1.82) is 0 Å². The zero-order valence-corrected chi connectivity index (χ0v) is 21.6. The van der Waals surface area contributed by atoms with Gasteiger partial charge in [0.25, 0.3) is 5.91 Å². The van der Waals surface area contributed by atoms with Crippen LogP contribution in [0.1, 0.15) is 41.7 Å². The number of aromatic nitrogens is 4. The van der Waals surface area contributed by atoms with Crippen molar-refractivity contribution in [2.24, 2.45) is 5.92 Å². The average molecular weight is 531 g/mol. The monoisotopic (exact) mass is 530 g/mol. The number of halogens is 1. The van der Waals surface area contributed by atoms with E-state index in [2.05, 4.69) is 15.5 Å². The Bertz CT molecular complexity index is 1730. The Balaban J connectivity index is 1.20. The molecule has 1 aliphatic carbocycles. The maximum absolute atomic E-state index is 13.7. The van der Waals surface area contributed by atoms with Gasteiger partial charge >= 0.3 is 5.69 Å². The number of carbonyl (C=O) groups is 1. The van der Waals surface area contributed by atoms with E-state index in [1.807, 2.05) is 41.0 Å². The normalized spacial score (nSPS) is 17.7. The van der Waals surface area contributed by atoms with Gasteiger partial charge in [-0.3, -0.25) is 18.9 Å². The smallest absolute Gasteiger partial charge is 0.333 e. The van der Waals surface area contributed by atoms with Gasteiger partial charge < -0.3 is 15.6 Å². The van der Waals surface area contributed by atoms with Crippen molar-refractivity contribution >= 4 is 45.3 Å². The summed E-state index contributed by atoms with van der Waals surface area (Å²) >= 11 is 6.04. The summed E-state index contributed by atoms with van der Waals surface area (Å²) in [4.78, 5) is 30.7. The Morgan fingerprint density at radius 2 is 1.89 bits per heavy atom. The van der Waals surface area contributed by atoms with Gasteiger partial charge in [0, 0.05) is 24.8 Å². The molecule has 6 rings (SSSR count). The Labute approximate surface area is 223 Å². The van der Waals surface area contributed by atoms with Crippen molar-refractivity contribution in [3.8, 4) is 5.69 Å². The van der Waals surface area contributed by atoms with Crippen LogP contribution in [0.4, 0.5) is 5.82 Å². The number of hydrogen-bond donors (Lipinski definition) is 2. The van der Waals surface area contributed by atoms with Gasteiger partial charge in [0.15, 0.2) is 11.4 Å². The molecule has 0 unspecified atom stereocenters. The molecule has 1 aliphatic rings. The van der Waals surface area contributed by atoms with Crippen LogP contribution in [-0.2, 0) is 6.54 Å². The number of imidazole rings is 1. The molecule has 1 fully saturated rings. The second kappa shape index (κ2) is 9.64. The number of aryl methyl sites for hydroxylation is 1. The summed E-state index contributed by atoms with van der Waals surface area (Å²) in [5.41, 5.74) is 9.87. The first-order chi connectivity index (χ1) is 18.4. The molecule has 3 heterocycles. The van der Waals surface area contributed by atoms with Crippen LogP contribution in [0, 0.1) is 12.8 Å². The Morgan fingerprint density at radius 3 is 2.68 bits per heavy atom. The van der Waals surface area contributed by atoms with Gasteiger partial charge in [-0.15, -0.1) is 0 Å². The van der Waals surface area contributed by atoms with Gasteiger partial charge in [0.1, 0.15) is 0 Å². The number of nitrogens with zero attached hydrogens (tertiary/aromatic N) is 4. The molecular formula is C28H27ClN6O3. The molecule has 194 valence electrons. The molecule has 9 nitrogen and oxygen atoms in total. The molecule has 0 radical (unpaired) electrons. The third-order valence-corrected chi connectivity index (χ3v) is 7.70. The van der Waals surface area contributed by atoms with E-state index >= 15 is 0 Å². The maximum atomic E-state index is 13.7. The summed E-state index contributed by atoms with van der Waals surface area (Å²) in [5, 5.41) is 8.12. The molecule has 0 spiro atoms. The van der Waals surface area contributed by atoms with Crippen molar-refractivity contribution in [2.75, 3.05) is 5.73 Å². The molecule has 1 amide bonds. The third-order valence-electron chi connectivity index (χ3n) is 7.50. The Kier molecular flexibility index (Phi) is 6.15. The predicted molar refractivity (Wildman–Crippen MR) is 147 cm³/mol. The highest BCUT2D eigenvalue weighted by atomic mass is 35.5. The largest absolute Gasteiger partial charge is 0.380 e. The second-order valence-electron chi connectivity index (χ2n) is 9.94. The van der Waals surface area contributed by atoms with Crippen LogP contribution < -0.4 is 16.7 Å². The first-order valence-electron chi connectivity index (χ1n) is 12.7. The molecule has 1 saturated carbocycles. The highest BCUT2D eigenvalue weighted by Crippen LogP contribution is 2.29. The van der Waals surface area contributed by atoms with E-state index in [9.17, 15) is 9.59 Å². The number of nitrogens with two attached hydrogens (primary N) is 1. The number of nitrogens with one attached hydrogen (secondary N) is 1. The summed E-state index contributed by atoms with van der Waals surface area (Å²) in [6.45, 7) is 2.41. The van der Waals surface area contributed by atoms with Crippen LogP contribution in [-0.4, -0.2) is 31.2 Å². The maximum Gasteiger partial charge on any atom is 0.333 e. The number of benzene rings is 2. The fraction of sp³-hybridized carbons (Fsp3) is 0.286. The number of para-hydroxylation sites is 2. The minimum Gasteiger partial charge on any atom is -0.380 e. The van der Waals surface area contributed by atoms with Crippen LogP contribution in [0.15, 0.2) is 64.0 Å². The van der Waals surface area contributed by atoms with Crippen molar-refractivity contribution in [1.82, 2.24) is 24.6 Å². The lowest BCUT2D eigenvalue weighted by Crippen LogP contribution is -2.39. The van der Waals surface area contributed by atoms with E-state index < -0.39 is 0 Å². The van der Waals surface area contributed by atoms with Gasteiger partial charge in [-0.1, -0.05) is 28.9 Å². The molecule has 0 atom stereocenters. The molecule has 0 aliphatic heterocycles. The minimum atomic E-state index is -0.147. The number of carbonyl (C=O) groups excluding carboxylic acids is 1. The quantitative estimate of drug-likeness (QED) is 0.334. The lowest BCUT2D eigenvalue weighted by atomic mass is 9.85. The SMILES string of the molecule is Cc1ncc(Cl)cc1C(=O)N[C@H]1CC[C@H](Cn2c(=O)n(-c3ccc4c(N)noc4c3)c3ccccc32)CC1. The lowest BCUT2D eigenvalue weighted by molar-refractivity contribution is 0.0919. The van der Waals surface area contributed by atoms with Crippen molar-refractivity contribution in [2.45, 2.75) is 45.2 Å². The van der Waals surface area contributed by atoms with Crippen molar-refractivity contribution < 1.29 is 9.32 Å². The lowest BCUT2D eigenvalue weighted by Gasteiger charge is -2.29. The standard InChI is InChI=1S/C28H27ClN6O3/c1-16-22(12-18(29)14-31-16)27(36)32-19-8-6-17(7-9-19)15-34-23-4-2-3-5-24(23)35(28(34)37)20-10-11-21-25(13-20)38-33-26(21)30/h2-5,10-14,17,19H,6-9,15H2,1H3,(H2,30,33)(H,32,36)/t17-,19-. The van der Waals surface area contributed by atoms with Crippen LogP contribution in [0.5, 0.6) is 0 Å². The molecule has 0 bridgehead atoms. The van der Waals surface area contributed by atoms with Crippen LogP contribution in [0.3, 0.4) is 0 Å². The fourth-order valence-corrected chi connectivity index (χ4v) is 5.63. The van der Waals surface area contributed by atoms with Crippen molar-refractivity contribution in [3.05, 3.63) is 81.5 Å². The van der Waals surface area contributed by atoms with Gasteiger partial charge in [-0.2, -0.15) is 0 Å². The van der Waals surface area contributed by atoms with Crippen LogP contribution >= 0.6 is 11.6 Å². The van der Waals surface area contributed by atoms with E-state index in [0.29, 0.717) is 45.8 Å².